The number of hydrogen-bond acceptors (Lipinski definition) is 3. The van der Waals surface area contributed by atoms with Gasteiger partial charge in [0, 0.05) is 25.3 Å². The Morgan fingerprint density at radius 1 is 1.44 bits per heavy atom. The summed E-state index contributed by atoms with van der Waals surface area (Å²) in [6.45, 7) is 5.30. The van der Waals surface area contributed by atoms with Crippen molar-refractivity contribution >= 4 is 0 Å². The van der Waals surface area contributed by atoms with Crippen LogP contribution in [0.5, 0.6) is 0 Å². The van der Waals surface area contributed by atoms with Crippen LogP contribution in [0.15, 0.2) is 18.2 Å². The average Bonchev–Trinajstić information content (AvgIpc) is 2.31. The van der Waals surface area contributed by atoms with E-state index in [1.165, 1.54) is 12.1 Å². The fourth-order valence-corrected chi connectivity index (χ4v) is 1.71. The Kier molecular flexibility index (Phi) is 5.26. The van der Waals surface area contributed by atoms with Crippen LogP contribution in [0.25, 0.3) is 0 Å². The maximum atomic E-state index is 13.5. The third-order valence-corrected chi connectivity index (χ3v) is 2.88. The number of rotatable bonds is 6. The molecule has 18 heavy (non-hydrogen) atoms. The van der Waals surface area contributed by atoms with Gasteiger partial charge in [-0.05, 0) is 30.0 Å². The van der Waals surface area contributed by atoms with Gasteiger partial charge in [0.2, 0.25) is 0 Å². The fraction of sp³-hybridized carbons (Fsp3) is 0.500. The number of nitrogens with one attached hydrogen (secondary N) is 1. The second kappa shape index (κ2) is 6.48. The number of halogens is 1. The Morgan fingerprint density at radius 2 is 2.17 bits per heavy atom. The Hall–Kier alpha value is -1.44. The van der Waals surface area contributed by atoms with E-state index < -0.39 is 0 Å². The standard InChI is InChI=1S/C14H19FN2O/c1-14(2,5-6-18)10-17-9-12-7-11(8-16)3-4-13(12)15/h3-4,7,17-18H,5-6,9-10H2,1-2H3. The smallest absolute Gasteiger partial charge is 0.127 e. The van der Waals surface area contributed by atoms with Crippen LogP contribution >= 0.6 is 0 Å². The van der Waals surface area contributed by atoms with Gasteiger partial charge in [-0.1, -0.05) is 13.8 Å². The highest BCUT2D eigenvalue weighted by Crippen LogP contribution is 2.18. The van der Waals surface area contributed by atoms with Crippen LogP contribution in [0.1, 0.15) is 31.4 Å². The van der Waals surface area contributed by atoms with E-state index in [0.29, 0.717) is 30.6 Å². The first-order valence-corrected chi connectivity index (χ1v) is 5.98. The molecule has 0 saturated heterocycles. The third-order valence-electron chi connectivity index (χ3n) is 2.88. The van der Waals surface area contributed by atoms with E-state index >= 15 is 0 Å². The molecule has 3 nitrogen and oxygen atoms in total. The summed E-state index contributed by atoms with van der Waals surface area (Å²) < 4.78 is 13.5. The molecular weight excluding hydrogens is 231 g/mol. The largest absolute Gasteiger partial charge is 0.396 e. The highest BCUT2D eigenvalue weighted by molar-refractivity contribution is 5.33. The minimum absolute atomic E-state index is 0.0297. The first-order valence-electron chi connectivity index (χ1n) is 5.98. The van der Waals surface area contributed by atoms with E-state index in [4.69, 9.17) is 10.4 Å². The topological polar surface area (TPSA) is 56.0 Å². The number of nitrogens with zero attached hydrogens (tertiary/aromatic N) is 1. The van der Waals surface area contributed by atoms with Crippen molar-refractivity contribution in [1.82, 2.24) is 5.32 Å². The van der Waals surface area contributed by atoms with Crippen molar-refractivity contribution in [2.24, 2.45) is 5.41 Å². The predicted molar refractivity (Wildman–Crippen MR) is 68.3 cm³/mol. The van der Waals surface area contributed by atoms with Crippen LogP contribution in [-0.2, 0) is 6.54 Å². The molecule has 98 valence electrons. The lowest BCUT2D eigenvalue weighted by Gasteiger charge is -2.24. The molecule has 1 rings (SSSR count). The van der Waals surface area contributed by atoms with Crippen LogP contribution in [0.4, 0.5) is 4.39 Å². The Bertz CT molecular complexity index is 438. The molecule has 0 bridgehead atoms. The summed E-state index contributed by atoms with van der Waals surface area (Å²) in [5.74, 6) is -0.304. The van der Waals surface area contributed by atoms with Crippen molar-refractivity contribution in [2.45, 2.75) is 26.8 Å². The molecular formula is C14H19FN2O. The normalized spacial score (nSPS) is 11.3. The van der Waals surface area contributed by atoms with E-state index in [2.05, 4.69) is 5.32 Å². The summed E-state index contributed by atoms with van der Waals surface area (Å²) >= 11 is 0. The summed E-state index contributed by atoms with van der Waals surface area (Å²) in [5, 5.41) is 20.8. The summed E-state index contributed by atoms with van der Waals surface area (Å²) in [6.07, 6.45) is 0.695. The average molecular weight is 250 g/mol. The maximum absolute atomic E-state index is 13.5. The van der Waals surface area contributed by atoms with Crippen LogP contribution in [0.2, 0.25) is 0 Å². The summed E-state index contributed by atoms with van der Waals surface area (Å²) in [4.78, 5) is 0. The van der Waals surface area contributed by atoms with Gasteiger partial charge >= 0.3 is 0 Å². The zero-order valence-electron chi connectivity index (χ0n) is 10.8. The third kappa shape index (κ3) is 4.44. The molecule has 0 fully saturated rings. The summed E-state index contributed by atoms with van der Waals surface area (Å²) in [6, 6.07) is 6.33. The quantitative estimate of drug-likeness (QED) is 0.813. The molecule has 0 aliphatic carbocycles. The second-order valence-corrected chi connectivity index (χ2v) is 5.16. The maximum Gasteiger partial charge on any atom is 0.127 e. The van der Waals surface area contributed by atoms with Gasteiger partial charge in [-0.3, -0.25) is 0 Å². The van der Waals surface area contributed by atoms with Crippen molar-refractivity contribution in [3.63, 3.8) is 0 Å². The Morgan fingerprint density at radius 3 is 2.78 bits per heavy atom. The van der Waals surface area contributed by atoms with Crippen molar-refractivity contribution in [1.29, 1.82) is 5.26 Å². The molecule has 1 aromatic carbocycles. The monoisotopic (exact) mass is 250 g/mol. The van der Waals surface area contributed by atoms with E-state index in [0.717, 1.165) is 0 Å². The van der Waals surface area contributed by atoms with Gasteiger partial charge in [-0.2, -0.15) is 5.26 Å². The molecule has 4 heteroatoms. The predicted octanol–water partition coefficient (Wildman–Crippen LogP) is 2.20. The van der Waals surface area contributed by atoms with E-state index in [-0.39, 0.29) is 17.8 Å². The molecule has 0 heterocycles. The van der Waals surface area contributed by atoms with Crippen molar-refractivity contribution in [3.05, 3.63) is 35.1 Å². The van der Waals surface area contributed by atoms with Crippen LogP contribution in [0.3, 0.4) is 0 Å². The molecule has 0 unspecified atom stereocenters. The SMILES string of the molecule is CC(C)(CCO)CNCc1cc(C#N)ccc1F. The van der Waals surface area contributed by atoms with Crippen LogP contribution < -0.4 is 5.32 Å². The minimum atomic E-state index is -0.304. The van der Waals surface area contributed by atoms with E-state index in [1.54, 1.807) is 6.07 Å². The van der Waals surface area contributed by atoms with Crippen LogP contribution in [0, 0.1) is 22.6 Å². The molecule has 0 radical (unpaired) electrons. The number of benzene rings is 1. The molecule has 0 atom stereocenters. The van der Waals surface area contributed by atoms with Gasteiger partial charge in [-0.15, -0.1) is 0 Å². The van der Waals surface area contributed by atoms with Gasteiger partial charge in [0.1, 0.15) is 5.82 Å². The lowest BCUT2D eigenvalue weighted by atomic mass is 9.90. The molecule has 0 aromatic heterocycles. The summed E-state index contributed by atoms with van der Waals surface area (Å²) in [5.41, 5.74) is 0.926. The zero-order chi connectivity index (χ0) is 13.6. The van der Waals surface area contributed by atoms with Crippen molar-refractivity contribution < 1.29 is 9.50 Å². The molecule has 1 aromatic rings. The van der Waals surface area contributed by atoms with Gasteiger partial charge in [-0.25, -0.2) is 4.39 Å². The van der Waals surface area contributed by atoms with Crippen molar-refractivity contribution in [2.75, 3.05) is 13.2 Å². The number of nitriles is 1. The zero-order valence-corrected chi connectivity index (χ0v) is 10.8. The first kappa shape index (κ1) is 14.6. The van der Waals surface area contributed by atoms with Gasteiger partial charge < -0.3 is 10.4 Å². The lowest BCUT2D eigenvalue weighted by molar-refractivity contribution is 0.207. The molecule has 0 aliphatic heterocycles. The Labute approximate surface area is 107 Å². The van der Waals surface area contributed by atoms with Gasteiger partial charge in [0.15, 0.2) is 0 Å². The second-order valence-electron chi connectivity index (χ2n) is 5.16. The van der Waals surface area contributed by atoms with Crippen molar-refractivity contribution in [3.8, 4) is 6.07 Å². The van der Waals surface area contributed by atoms with E-state index in [1.807, 2.05) is 19.9 Å². The lowest BCUT2D eigenvalue weighted by Crippen LogP contribution is -2.30. The highest BCUT2D eigenvalue weighted by Gasteiger charge is 2.16. The number of aliphatic hydroxyl groups excluding tert-OH is 1. The summed E-state index contributed by atoms with van der Waals surface area (Å²) in [7, 11) is 0. The molecule has 0 spiro atoms. The highest BCUT2D eigenvalue weighted by atomic mass is 19.1. The molecule has 2 N–H and O–H groups in total. The molecule has 0 amide bonds. The first-order chi connectivity index (χ1) is 8.48. The Balaban J connectivity index is 2.56. The fourth-order valence-electron chi connectivity index (χ4n) is 1.71. The van der Waals surface area contributed by atoms with E-state index in [9.17, 15) is 4.39 Å². The van der Waals surface area contributed by atoms with Crippen LogP contribution in [-0.4, -0.2) is 18.3 Å². The molecule has 0 saturated carbocycles. The number of aliphatic hydroxyl groups is 1. The number of hydrogen-bond donors (Lipinski definition) is 2. The molecule has 0 aliphatic rings. The van der Waals surface area contributed by atoms with Gasteiger partial charge in [0.05, 0.1) is 11.6 Å². The minimum Gasteiger partial charge on any atom is -0.396 e. The van der Waals surface area contributed by atoms with Gasteiger partial charge in [0.25, 0.3) is 0 Å².